The molecule has 0 bridgehead atoms. The van der Waals surface area contributed by atoms with Crippen LogP contribution in [0.15, 0.2) is 19.6 Å². The van der Waals surface area contributed by atoms with Gasteiger partial charge in [0.15, 0.2) is 4.67 Å². The van der Waals surface area contributed by atoms with Gasteiger partial charge in [-0.2, -0.15) is 0 Å². The second-order valence-electron chi connectivity index (χ2n) is 4.45. The number of furan rings is 1. The van der Waals surface area contributed by atoms with E-state index in [1.807, 2.05) is 6.07 Å². The molecule has 0 saturated heterocycles. The highest BCUT2D eigenvalue weighted by Gasteiger charge is 2.41. The zero-order valence-corrected chi connectivity index (χ0v) is 12.1. The molecule has 1 fully saturated rings. The molecule has 16 heavy (non-hydrogen) atoms. The van der Waals surface area contributed by atoms with E-state index < -0.39 is 6.10 Å². The van der Waals surface area contributed by atoms with Crippen LogP contribution < -0.4 is 5.73 Å². The molecule has 1 aromatic heterocycles. The number of aliphatic hydroxyl groups is 1. The lowest BCUT2D eigenvalue weighted by atomic mass is 9.79. The Balaban J connectivity index is 2.26. The molecule has 0 aliphatic heterocycles. The first kappa shape index (κ1) is 12.6. The standard InChI is InChI=1S/C11H15Br2NO2/c12-7-5-8(16-10(7)13)9(15)11(6-14)3-1-2-4-11/h5,9,15H,1-4,6,14H2. The van der Waals surface area contributed by atoms with E-state index in [2.05, 4.69) is 31.9 Å². The van der Waals surface area contributed by atoms with Crippen molar-refractivity contribution < 1.29 is 9.52 Å². The molecule has 1 heterocycles. The fourth-order valence-corrected chi connectivity index (χ4v) is 3.08. The minimum atomic E-state index is -0.609. The van der Waals surface area contributed by atoms with Crippen molar-refractivity contribution in [1.29, 1.82) is 0 Å². The van der Waals surface area contributed by atoms with Crippen molar-refractivity contribution in [2.24, 2.45) is 11.1 Å². The maximum Gasteiger partial charge on any atom is 0.183 e. The van der Waals surface area contributed by atoms with E-state index in [0.29, 0.717) is 17.0 Å². The van der Waals surface area contributed by atoms with Crippen molar-refractivity contribution >= 4 is 31.9 Å². The molecule has 0 radical (unpaired) electrons. The molecule has 2 rings (SSSR count). The van der Waals surface area contributed by atoms with Crippen molar-refractivity contribution in [2.45, 2.75) is 31.8 Å². The first-order valence-corrected chi connectivity index (χ1v) is 7.00. The minimum absolute atomic E-state index is 0.198. The maximum atomic E-state index is 10.4. The minimum Gasteiger partial charge on any atom is -0.450 e. The van der Waals surface area contributed by atoms with Gasteiger partial charge in [-0.25, -0.2) is 0 Å². The summed E-state index contributed by atoms with van der Waals surface area (Å²) in [7, 11) is 0. The van der Waals surface area contributed by atoms with E-state index in [9.17, 15) is 5.11 Å². The van der Waals surface area contributed by atoms with Crippen molar-refractivity contribution in [3.05, 3.63) is 21.0 Å². The van der Waals surface area contributed by atoms with Crippen LogP contribution in [0.4, 0.5) is 0 Å². The first-order valence-electron chi connectivity index (χ1n) is 5.42. The topological polar surface area (TPSA) is 59.4 Å². The fourth-order valence-electron chi connectivity index (χ4n) is 2.47. The lowest BCUT2D eigenvalue weighted by molar-refractivity contribution is 0.0159. The number of hydrogen-bond donors (Lipinski definition) is 2. The summed E-state index contributed by atoms with van der Waals surface area (Å²) in [4.78, 5) is 0. The summed E-state index contributed by atoms with van der Waals surface area (Å²) in [6, 6.07) is 1.81. The van der Waals surface area contributed by atoms with Gasteiger partial charge in [0.25, 0.3) is 0 Å². The summed E-state index contributed by atoms with van der Waals surface area (Å²) in [5, 5.41) is 10.4. The summed E-state index contributed by atoms with van der Waals surface area (Å²) < 4.78 is 6.92. The third-order valence-corrected chi connectivity index (χ3v) is 5.23. The molecule has 1 unspecified atom stereocenters. The molecular weight excluding hydrogens is 338 g/mol. The zero-order valence-electron chi connectivity index (χ0n) is 8.88. The highest BCUT2D eigenvalue weighted by atomic mass is 79.9. The lowest BCUT2D eigenvalue weighted by Gasteiger charge is -2.31. The smallest absolute Gasteiger partial charge is 0.183 e. The van der Waals surface area contributed by atoms with Gasteiger partial charge in [0, 0.05) is 12.0 Å². The quantitative estimate of drug-likeness (QED) is 0.876. The van der Waals surface area contributed by atoms with Gasteiger partial charge in [-0.05, 0) is 50.8 Å². The summed E-state index contributed by atoms with van der Waals surface area (Å²) in [6.45, 7) is 0.504. The van der Waals surface area contributed by atoms with E-state index in [-0.39, 0.29) is 5.41 Å². The summed E-state index contributed by atoms with van der Waals surface area (Å²) in [5.41, 5.74) is 5.63. The van der Waals surface area contributed by atoms with Gasteiger partial charge in [0.05, 0.1) is 4.47 Å². The largest absolute Gasteiger partial charge is 0.450 e. The number of aliphatic hydroxyl groups excluding tert-OH is 1. The average molecular weight is 353 g/mol. The second-order valence-corrected chi connectivity index (χ2v) is 6.02. The Bertz CT molecular complexity index is 353. The third-order valence-electron chi connectivity index (χ3n) is 3.52. The number of rotatable bonds is 3. The van der Waals surface area contributed by atoms with E-state index in [0.717, 1.165) is 30.2 Å². The summed E-state index contributed by atoms with van der Waals surface area (Å²) in [5.74, 6) is 0.589. The van der Waals surface area contributed by atoms with Gasteiger partial charge < -0.3 is 15.3 Å². The van der Waals surface area contributed by atoms with Gasteiger partial charge in [0.2, 0.25) is 0 Å². The molecule has 90 valence electrons. The van der Waals surface area contributed by atoms with Crippen molar-refractivity contribution in [3.8, 4) is 0 Å². The van der Waals surface area contributed by atoms with Crippen LogP contribution in [-0.2, 0) is 0 Å². The van der Waals surface area contributed by atoms with E-state index >= 15 is 0 Å². The number of halogens is 2. The van der Waals surface area contributed by atoms with Crippen LogP contribution in [0, 0.1) is 5.41 Å². The maximum absolute atomic E-state index is 10.4. The lowest BCUT2D eigenvalue weighted by Crippen LogP contribution is -2.33. The molecule has 1 aromatic rings. The number of hydrogen-bond acceptors (Lipinski definition) is 3. The van der Waals surface area contributed by atoms with Crippen LogP contribution in [-0.4, -0.2) is 11.7 Å². The number of nitrogens with two attached hydrogens (primary N) is 1. The molecular formula is C11H15Br2NO2. The Morgan fingerprint density at radius 1 is 1.44 bits per heavy atom. The Morgan fingerprint density at radius 2 is 2.06 bits per heavy atom. The van der Waals surface area contributed by atoms with Gasteiger partial charge in [0.1, 0.15) is 11.9 Å². The molecule has 5 heteroatoms. The van der Waals surface area contributed by atoms with Crippen LogP contribution in [0.2, 0.25) is 0 Å². The second kappa shape index (κ2) is 4.80. The highest BCUT2D eigenvalue weighted by Crippen LogP contribution is 2.48. The molecule has 3 N–H and O–H groups in total. The monoisotopic (exact) mass is 351 g/mol. The molecule has 0 amide bonds. The summed E-state index contributed by atoms with van der Waals surface area (Å²) in [6.07, 6.45) is 3.61. The van der Waals surface area contributed by atoms with Crippen LogP contribution in [0.1, 0.15) is 37.5 Å². The molecule has 1 saturated carbocycles. The average Bonchev–Trinajstić information content (AvgIpc) is 2.87. The van der Waals surface area contributed by atoms with Crippen LogP contribution in [0.3, 0.4) is 0 Å². The molecule has 1 aliphatic carbocycles. The van der Waals surface area contributed by atoms with Crippen LogP contribution in [0.25, 0.3) is 0 Å². The predicted octanol–water partition coefficient (Wildman–Crippen LogP) is 3.36. The van der Waals surface area contributed by atoms with E-state index in [1.54, 1.807) is 0 Å². The van der Waals surface area contributed by atoms with Gasteiger partial charge in [-0.15, -0.1) is 0 Å². The van der Waals surface area contributed by atoms with Crippen LogP contribution >= 0.6 is 31.9 Å². The molecule has 0 spiro atoms. The van der Waals surface area contributed by atoms with Gasteiger partial charge >= 0.3 is 0 Å². The van der Waals surface area contributed by atoms with Crippen LogP contribution in [0.5, 0.6) is 0 Å². The third kappa shape index (κ3) is 2.10. The van der Waals surface area contributed by atoms with Crippen molar-refractivity contribution in [3.63, 3.8) is 0 Å². The van der Waals surface area contributed by atoms with Gasteiger partial charge in [-0.3, -0.25) is 0 Å². The Kier molecular flexibility index (Phi) is 3.79. The highest BCUT2D eigenvalue weighted by molar-refractivity contribution is 9.13. The molecule has 0 aromatic carbocycles. The Labute approximate surface area is 112 Å². The Hall–Kier alpha value is 0.160. The SMILES string of the molecule is NCC1(C(O)c2cc(Br)c(Br)o2)CCCC1. The fraction of sp³-hybridized carbons (Fsp3) is 0.636. The van der Waals surface area contributed by atoms with Crippen molar-refractivity contribution in [2.75, 3.05) is 6.54 Å². The van der Waals surface area contributed by atoms with E-state index in [1.165, 1.54) is 0 Å². The van der Waals surface area contributed by atoms with E-state index in [4.69, 9.17) is 10.2 Å². The molecule has 1 aliphatic rings. The molecule has 3 nitrogen and oxygen atoms in total. The Morgan fingerprint density at radius 3 is 2.50 bits per heavy atom. The first-order chi connectivity index (χ1) is 7.59. The zero-order chi connectivity index (χ0) is 11.8. The summed E-state index contributed by atoms with van der Waals surface area (Å²) >= 11 is 6.63. The molecule has 1 atom stereocenters. The van der Waals surface area contributed by atoms with Gasteiger partial charge in [-0.1, -0.05) is 12.8 Å². The predicted molar refractivity (Wildman–Crippen MR) is 69.0 cm³/mol. The van der Waals surface area contributed by atoms with Crippen molar-refractivity contribution in [1.82, 2.24) is 0 Å². The normalized spacial score (nSPS) is 21.2.